The smallest absolute Gasteiger partial charge is 0.123 e. The van der Waals surface area contributed by atoms with Crippen LogP contribution in [0.3, 0.4) is 0 Å². The van der Waals surface area contributed by atoms with Crippen molar-refractivity contribution in [2.24, 2.45) is 5.92 Å². The normalized spacial score (nSPS) is 23.5. The highest BCUT2D eigenvalue weighted by atomic mass is 19.1. The van der Waals surface area contributed by atoms with Crippen molar-refractivity contribution < 1.29 is 4.39 Å². The second-order valence-electron chi connectivity index (χ2n) is 5.83. The summed E-state index contributed by atoms with van der Waals surface area (Å²) in [5.41, 5.74) is 2.52. The molecule has 2 heteroatoms. The highest BCUT2D eigenvalue weighted by molar-refractivity contribution is 5.34. The van der Waals surface area contributed by atoms with Crippen LogP contribution in [0.5, 0.6) is 0 Å². The number of rotatable bonds is 4. The Morgan fingerprint density at radius 1 is 1.17 bits per heavy atom. The summed E-state index contributed by atoms with van der Waals surface area (Å²) in [6.45, 7) is 1.12. The first kappa shape index (κ1) is 12.2. The zero-order valence-corrected chi connectivity index (χ0v) is 10.9. The Morgan fingerprint density at radius 2 is 2.00 bits per heavy atom. The molecule has 1 saturated carbocycles. The van der Waals surface area contributed by atoms with Crippen LogP contribution in [0, 0.1) is 11.7 Å². The predicted molar refractivity (Wildman–Crippen MR) is 72.0 cm³/mol. The van der Waals surface area contributed by atoms with E-state index in [1.54, 1.807) is 12.1 Å². The maximum Gasteiger partial charge on any atom is 0.123 e. The fraction of sp³-hybridized carbons (Fsp3) is 0.625. The number of aryl methyl sites for hydroxylation is 1. The lowest BCUT2D eigenvalue weighted by Crippen LogP contribution is -2.22. The van der Waals surface area contributed by atoms with Crippen LogP contribution in [-0.4, -0.2) is 6.54 Å². The summed E-state index contributed by atoms with van der Waals surface area (Å²) in [7, 11) is 0. The number of benzene rings is 1. The third-order valence-electron chi connectivity index (χ3n) is 4.60. The van der Waals surface area contributed by atoms with Crippen molar-refractivity contribution in [2.45, 2.75) is 51.0 Å². The van der Waals surface area contributed by atoms with Crippen molar-refractivity contribution in [1.29, 1.82) is 0 Å². The summed E-state index contributed by atoms with van der Waals surface area (Å²) in [4.78, 5) is 0. The van der Waals surface area contributed by atoms with Crippen molar-refractivity contribution in [3.05, 3.63) is 35.1 Å². The van der Waals surface area contributed by atoms with Crippen molar-refractivity contribution in [3.8, 4) is 0 Å². The van der Waals surface area contributed by atoms with Crippen LogP contribution in [-0.2, 0) is 6.42 Å². The molecular formula is C16H22FN. The number of halogens is 1. The van der Waals surface area contributed by atoms with E-state index in [0.717, 1.165) is 25.3 Å². The number of hydrogen-bond donors (Lipinski definition) is 1. The lowest BCUT2D eigenvalue weighted by molar-refractivity contribution is 0.443. The fourth-order valence-corrected chi connectivity index (χ4v) is 3.56. The summed E-state index contributed by atoms with van der Waals surface area (Å²) in [6, 6.07) is 5.72. The van der Waals surface area contributed by atoms with Crippen LogP contribution in [0.4, 0.5) is 4.39 Å². The van der Waals surface area contributed by atoms with E-state index in [0.29, 0.717) is 6.04 Å². The maximum absolute atomic E-state index is 13.1. The van der Waals surface area contributed by atoms with Gasteiger partial charge in [-0.15, -0.1) is 0 Å². The minimum Gasteiger partial charge on any atom is -0.310 e. The molecule has 1 unspecified atom stereocenters. The average molecular weight is 247 g/mol. The van der Waals surface area contributed by atoms with Gasteiger partial charge < -0.3 is 5.32 Å². The van der Waals surface area contributed by atoms with E-state index in [1.807, 2.05) is 6.07 Å². The van der Waals surface area contributed by atoms with Gasteiger partial charge in [-0.1, -0.05) is 31.7 Å². The topological polar surface area (TPSA) is 12.0 Å². The third-order valence-corrected chi connectivity index (χ3v) is 4.60. The Kier molecular flexibility index (Phi) is 3.64. The van der Waals surface area contributed by atoms with Crippen molar-refractivity contribution in [1.82, 2.24) is 5.32 Å². The molecule has 0 aliphatic heterocycles. The standard InChI is InChI=1S/C16H22FN/c17-14-6-7-15-13(11-14)5-8-16(15)18-10-9-12-3-1-2-4-12/h6-7,11-12,16,18H,1-5,8-10H2. The van der Waals surface area contributed by atoms with Gasteiger partial charge in [0, 0.05) is 6.04 Å². The van der Waals surface area contributed by atoms with E-state index in [4.69, 9.17) is 0 Å². The zero-order valence-electron chi connectivity index (χ0n) is 10.9. The molecule has 0 aromatic heterocycles. The zero-order chi connectivity index (χ0) is 12.4. The lowest BCUT2D eigenvalue weighted by Gasteiger charge is -2.16. The second-order valence-corrected chi connectivity index (χ2v) is 5.83. The molecule has 1 aromatic rings. The first-order chi connectivity index (χ1) is 8.83. The van der Waals surface area contributed by atoms with E-state index in [-0.39, 0.29) is 5.82 Å². The molecule has 1 atom stereocenters. The molecule has 1 N–H and O–H groups in total. The minimum atomic E-state index is -0.0969. The van der Waals surface area contributed by atoms with Crippen LogP contribution < -0.4 is 5.32 Å². The SMILES string of the molecule is Fc1ccc2c(c1)CCC2NCCC1CCCC1. The molecule has 0 amide bonds. The Labute approximate surface area is 109 Å². The Hall–Kier alpha value is -0.890. The molecule has 2 aliphatic carbocycles. The first-order valence-corrected chi connectivity index (χ1v) is 7.34. The van der Waals surface area contributed by atoms with Gasteiger partial charge in [-0.05, 0) is 55.0 Å². The van der Waals surface area contributed by atoms with E-state index < -0.39 is 0 Å². The molecule has 0 spiro atoms. The predicted octanol–water partition coefficient (Wildman–Crippen LogP) is 3.98. The van der Waals surface area contributed by atoms with E-state index in [1.165, 1.54) is 43.2 Å². The molecule has 0 saturated heterocycles. The number of nitrogens with one attached hydrogen (secondary N) is 1. The molecule has 0 heterocycles. The molecule has 18 heavy (non-hydrogen) atoms. The summed E-state index contributed by atoms with van der Waals surface area (Å²) in [5.74, 6) is 0.854. The Balaban J connectivity index is 1.53. The summed E-state index contributed by atoms with van der Waals surface area (Å²) >= 11 is 0. The third kappa shape index (κ3) is 2.59. The van der Waals surface area contributed by atoms with Gasteiger partial charge in [0.1, 0.15) is 5.82 Å². The molecule has 0 bridgehead atoms. The van der Waals surface area contributed by atoms with Gasteiger partial charge in [0.2, 0.25) is 0 Å². The van der Waals surface area contributed by atoms with E-state index in [9.17, 15) is 4.39 Å². The van der Waals surface area contributed by atoms with Gasteiger partial charge in [-0.2, -0.15) is 0 Å². The summed E-state index contributed by atoms with van der Waals surface area (Å²) in [6.07, 6.45) is 9.17. The van der Waals surface area contributed by atoms with Crippen LogP contribution in [0.2, 0.25) is 0 Å². The number of hydrogen-bond acceptors (Lipinski definition) is 1. The second kappa shape index (κ2) is 5.40. The molecule has 3 rings (SSSR count). The quantitative estimate of drug-likeness (QED) is 0.848. The van der Waals surface area contributed by atoms with Crippen LogP contribution in [0.15, 0.2) is 18.2 Å². The molecule has 2 aliphatic rings. The van der Waals surface area contributed by atoms with Gasteiger partial charge in [0.25, 0.3) is 0 Å². The van der Waals surface area contributed by atoms with Crippen molar-refractivity contribution in [2.75, 3.05) is 6.54 Å². The highest BCUT2D eigenvalue weighted by Crippen LogP contribution is 2.32. The van der Waals surface area contributed by atoms with Gasteiger partial charge >= 0.3 is 0 Å². The van der Waals surface area contributed by atoms with E-state index >= 15 is 0 Å². The molecule has 1 fully saturated rings. The largest absolute Gasteiger partial charge is 0.310 e. The molecule has 0 radical (unpaired) electrons. The van der Waals surface area contributed by atoms with E-state index in [2.05, 4.69) is 5.32 Å². The summed E-state index contributed by atoms with van der Waals surface area (Å²) < 4.78 is 13.1. The Bertz CT molecular complexity index is 410. The van der Waals surface area contributed by atoms with Crippen molar-refractivity contribution >= 4 is 0 Å². The Morgan fingerprint density at radius 3 is 2.83 bits per heavy atom. The highest BCUT2D eigenvalue weighted by Gasteiger charge is 2.22. The van der Waals surface area contributed by atoms with Crippen LogP contribution in [0.25, 0.3) is 0 Å². The minimum absolute atomic E-state index is 0.0969. The molecule has 1 aromatic carbocycles. The maximum atomic E-state index is 13.1. The van der Waals surface area contributed by atoms with Gasteiger partial charge in [-0.25, -0.2) is 4.39 Å². The van der Waals surface area contributed by atoms with Crippen LogP contribution >= 0.6 is 0 Å². The number of fused-ring (bicyclic) bond motifs is 1. The summed E-state index contributed by atoms with van der Waals surface area (Å²) in [5, 5.41) is 3.66. The van der Waals surface area contributed by atoms with Gasteiger partial charge in [-0.3, -0.25) is 0 Å². The van der Waals surface area contributed by atoms with Crippen LogP contribution in [0.1, 0.15) is 55.7 Å². The monoisotopic (exact) mass is 247 g/mol. The molecule has 98 valence electrons. The van der Waals surface area contributed by atoms with Gasteiger partial charge in [0.15, 0.2) is 0 Å². The molecular weight excluding hydrogens is 225 g/mol. The van der Waals surface area contributed by atoms with Gasteiger partial charge in [0.05, 0.1) is 0 Å². The molecule has 1 nitrogen and oxygen atoms in total. The average Bonchev–Trinajstić information content (AvgIpc) is 2.99. The fourth-order valence-electron chi connectivity index (χ4n) is 3.56. The first-order valence-electron chi connectivity index (χ1n) is 7.34. The lowest BCUT2D eigenvalue weighted by atomic mass is 10.0. The van der Waals surface area contributed by atoms with Crippen molar-refractivity contribution in [3.63, 3.8) is 0 Å².